The number of para-hydroxylation sites is 1. The molecule has 0 saturated carbocycles. The lowest BCUT2D eigenvalue weighted by atomic mass is 10.1. The summed E-state index contributed by atoms with van der Waals surface area (Å²) >= 11 is 0. The fourth-order valence-electron chi connectivity index (χ4n) is 3.14. The van der Waals surface area contributed by atoms with Gasteiger partial charge < -0.3 is 5.32 Å². The molecule has 4 heteroatoms. The maximum atomic E-state index is 12.8. The molecule has 0 fully saturated rings. The van der Waals surface area contributed by atoms with Gasteiger partial charge in [0.1, 0.15) is 0 Å². The average molecular weight is 328 g/mol. The molecule has 1 heterocycles. The first-order valence-electron chi connectivity index (χ1n) is 8.05. The minimum absolute atomic E-state index is 0.0621. The standard InChI is InChI=1S/C21H16N2O2/c1-14(24)18-13-23(20-12-5-4-10-17(18)20)21(25)22-19-11-6-8-15-7-2-3-9-16(15)19/h2-13H,1H3,(H,22,25). The van der Waals surface area contributed by atoms with Crippen LogP contribution in [0.1, 0.15) is 17.3 Å². The number of rotatable bonds is 2. The molecule has 0 unspecified atom stereocenters. The van der Waals surface area contributed by atoms with Crippen molar-refractivity contribution in [3.63, 3.8) is 0 Å². The Balaban J connectivity index is 1.79. The minimum atomic E-state index is -0.292. The van der Waals surface area contributed by atoms with Crippen LogP contribution in [-0.4, -0.2) is 16.4 Å². The van der Waals surface area contributed by atoms with Gasteiger partial charge in [-0.15, -0.1) is 0 Å². The molecular weight excluding hydrogens is 312 g/mol. The molecule has 0 spiro atoms. The van der Waals surface area contributed by atoms with Gasteiger partial charge in [-0.2, -0.15) is 0 Å². The Morgan fingerprint density at radius 2 is 1.52 bits per heavy atom. The van der Waals surface area contributed by atoms with Gasteiger partial charge in [-0.1, -0.05) is 54.6 Å². The number of hydrogen-bond donors (Lipinski definition) is 1. The van der Waals surface area contributed by atoms with Crippen LogP contribution >= 0.6 is 0 Å². The van der Waals surface area contributed by atoms with E-state index in [9.17, 15) is 9.59 Å². The zero-order chi connectivity index (χ0) is 17.4. The monoisotopic (exact) mass is 328 g/mol. The minimum Gasteiger partial charge on any atom is -0.307 e. The van der Waals surface area contributed by atoms with Crippen molar-refractivity contribution in [2.24, 2.45) is 0 Å². The highest BCUT2D eigenvalue weighted by molar-refractivity contribution is 6.11. The molecule has 1 amide bonds. The first-order valence-corrected chi connectivity index (χ1v) is 8.05. The van der Waals surface area contributed by atoms with Gasteiger partial charge in [-0.05, 0) is 24.4 Å². The Hall–Kier alpha value is -3.40. The molecular formula is C21H16N2O2. The molecule has 0 aliphatic carbocycles. The van der Waals surface area contributed by atoms with E-state index in [2.05, 4.69) is 5.32 Å². The molecule has 4 aromatic rings. The predicted octanol–water partition coefficient (Wildman–Crippen LogP) is 5.08. The van der Waals surface area contributed by atoms with Crippen molar-refractivity contribution >= 4 is 39.2 Å². The number of nitrogens with one attached hydrogen (secondary N) is 1. The lowest BCUT2D eigenvalue weighted by molar-refractivity contribution is 0.101. The highest BCUT2D eigenvalue weighted by atomic mass is 16.2. The number of nitrogens with zero attached hydrogens (tertiary/aromatic N) is 1. The van der Waals surface area contributed by atoms with E-state index in [-0.39, 0.29) is 11.8 Å². The summed E-state index contributed by atoms with van der Waals surface area (Å²) in [5.41, 5.74) is 2.00. The number of hydrogen-bond acceptors (Lipinski definition) is 2. The normalized spacial score (nSPS) is 10.9. The van der Waals surface area contributed by atoms with Gasteiger partial charge in [0, 0.05) is 22.5 Å². The van der Waals surface area contributed by atoms with Crippen molar-refractivity contribution in [2.45, 2.75) is 6.92 Å². The molecule has 4 rings (SSSR count). The van der Waals surface area contributed by atoms with Gasteiger partial charge in [-0.25, -0.2) is 4.79 Å². The number of carbonyl (C=O) groups is 2. The largest absolute Gasteiger partial charge is 0.330 e. The van der Waals surface area contributed by atoms with Gasteiger partial charge >= 0.3 is 6.03 Å². The van der Waals surface area contributed by atoms with Gasteiger partial charge in [0.2, 0.25) is 0 Å². The van der Waals surface area contributed by atoms with Crippen LogP contribution in [0.4, 0.5) is 10.5 Å². The quantitative estimate of drug-likeness (QED) is 0.522. The van der Waals surface area contributed by atoms with E-state index in [1.807, 2.05) is 66.7 Å². The smallest absolute Gasteiger partial charge is 0.307 e. The molecule has 4 nitrogen and oxygen atoms in total. The SMILES string of the molecule is CC(=O)c1cn(C(=O)Nc2cccc3ccccc23)c2ccccc12. The highest BCUT2D eigenvalue weighted by Crippen LogP contribution is 2.25. The molecule has 0 bridgehead atoms. The van der Waals surface area contributed by atoms with Gasteiger partial charge in [-0.3, -0.25) is 9.36 Å². The number of amides is 1. The zero-order valence-electron chi connectivity index (χ0n) is 13.7. The molecule has 122 valence electrons. The molecule has 3 aromatic carbocycles. The fourth-order valence-corrected chi connectivity index (χ4v) is 3.14. The molecule has 0 aliphatic heterocycles. The van der Waals surface area contributed by atoms with Crippen molar-refractivity contribution in [3.8, 4) is 0 Å². The Labute approximate surface area is 144 Å². The Morgan fingerprint density at radius 3 is 2.32 bits per heavy atom. The second-order valence-corrected chi connectivity index (χ2v) is 5.94. The van der Waals surface area contributed by atoms with Crippen molar-refractivity contribution in [3.05, 3.63) is 78.5 Å². The number of aromatic nitrogens is 1. The highest BCUT2D eigenvalue weighted by Gasteiger charge is 2.16. The van der Waals surface area contributed by atoms with E-state index in [1.54, 1.807) is 6.20 Å². The number of carbonyl (C=O) groups excluding carboxylic acids is 2. The van der Waals surface area contributed by atoms with Crippen molar-refractivity contribution in [1.82, 2.24) is 4.57 Å². The van der Waals surface area contributed by atoms with Gasteiger partial charge in [0.05, 0.1) is 11.2 Å². The second-order valence-electron chi connectivity index (χ2n) is 5.94. The maximum Gasteiger partial charge on any atom is 0.330 e. The second kappa shape index (κ2) is 5.91. The van der Waals surface area contributed by atoms with Crippen LogP contribution in [0.25, 0.3) is 21.7 Å². The Bertz CT molecular complexity index is 1120. The first kappa shape index (κ1) is 15.1. The first-order chi connectivity index (χ1) is 12.1. The summed E-state index contributed by atoms with van der Waals surface area (Å²) < 4.78 is 1.49. The van der Waals surface area contributed by atoms with Crippen LogP contribution in [0, 0.1) is 0 Å². The lowest BCUT2D eigenvalue weighted by Crippen LogP contribution is -2.18. The molecule has 0 saturated heterocycles. The summed E-state index contributed by atoms with van der Waals surface area (Å²) in [7, 11) is 0. The van der Waals surface area contributed by atoms with Crippen LogP contribution in [0.3, 0.4) is 0 Å². The third-order valence-corrected chi connectivity index (χ3v) is 4.34. The molecule has 25 heavy (non-hydrogen) atoms. The molecule has 0 aliphatic rings. The van der Waals surface area contributed by atoms with Crippen LogP contribution in [0.15, 0.2) is 72.9 Å². The van der Waals surface area contributed by atoms with Crippen LogP contribution in [0.2, 0.25) is 0 Å². The summed E-state index contributed by atoms with van der Waals surface area (Å²) in [6.07, 6.45) is 1.60. The predicted molar refractivity (Wildman–Crippen MR) is 100 cm³/mol. The summed E-state index contributed by atoms with van der Waals surface area (Å²) in [4.78, 5) is 24.7. The number of anilines is 1. The summed E-state index contributed by atoms with van der Waals surface area (Å²) in [6, 6.07) is 20.8. The third-order valence-electron chi connectivity index (χ3n) is 4.34. The lowest BCUT2D eigenvalue weighted by Gasteiger charge is -2.10. The third kappa shape index (κ3) is 2.58. The Morgan fingerprint density at radius 1 is 0.840 bits per heavy atom. The summed E-state index contributed by atoms with van der Waals surface area (Å²) in [5.74, 6) is -0.0621. The van der Waals surface area contributed by atoms with E-state index >= 15 is 0 Å². The van der Waals surface area contributed by atoms with Crippen molar-refractivity contribution < 1.29 is 9.59 Å². The van der Waals surface area contributed by atoms with E-state index in [0.717, 1.165) is 21.8 Å². The number of benzene rings is 3. The van der Waals surface area contributed by atoms with Crippen LogP contribution in [-0.2, 0) is 0 Å². The van der Waals surface area contributed by atoms with Crippen molar-refractivity contribution in [2.75, 3.05) is 5.32 Å². The van der Waals surface area contributed by atoms with E-state index in [1.165, 1.54) is 11.5 Å². The molecule has 0 atom stereocenters. The van der Waals surface area contributed by atoms with E-state index in [0.29, 0.717) is 11.1 Å². The van der Waals surface area contributed by atoms with E-state index < -0.39 is 0 Å². The van der Waals surface area contributed by atoms with Crippen molar-refractivity contribution in [1.29, 1.82) is 0 Å². The Kier molecular flexibility index (Phi) is 3.58. The summed E-state index contributed by atoms with van der Waals surface area (Å²) in [6.45, 7) is 1.51. The summed E-state index contributed by atoms with van der Waals surface area (Å²) in [5, 5.41) is 5.77. The maximum absolute atomic E-state index is 12.8. The topological polar surface area (TPSA) is 51.1 Å². The average Bonchev–Trinajstić information content (AvgIpc) is 3.02. The number of fused-ring (bicyclic) bond motifs is 2. The molecule has 1 N–H and O–H groups in total. The van der Waals surface area contributed by atoms with E-state index in [4.69, 9.17) is 0 Å². The zero-order valence-corrected chi connectivity index (χ0v) is 13.7. The molecule has 0 radical (unpaired) electrons. The van der Waals surface area contributed by atoms with Crippen LogP contribution in [0.5, 0.6) is 0 Å². The van der Waals surface area contributed by atoms with Gasteiger partial charge in [0.25, 0.3) is 0 Å². The molecule has 1 aromatic heterocycles. The number of ketones is 1. The van der Waals surface area contributed by atoms with Gasteiger partial charge in [0.15, 0.2) is 5.78 Å². The van der Waals surface area contributed by atoms with Crippen LogP contribution < -0.4 is 5.32 Å². The number of Topliss-reactive ketones (excluding diaryl/α,β-unsaturated/α-hetero) is 1. The fraction of sp³-hybridized carbons (Fsp3) is 0.0476.